The molecule has 0 spiro atoms. The van der Waals surface area contributed by atoms with Crippen molar-refractivity contribution >= 4 is 46.4 Å². The van der Waals surface area contributed by atoms with E-state index in [1.54, 1.807) is 6.92 Å². The SMILES string of the molecule is C[C@@]1(C(=O)NNC(=S)NC[C@H]2CCCO2)CC1(Cl)Cl. The van der Waals surface area contributed by atoms with Crippen molar-refractivity contribution in [1.29, 1.82) is 0 Å². The van der Waals surface area contributed by atoms with Crippen molar-refractivity contribution < 1.29 is 9.53 Å². The fraction of sp³-hybridized carbons (Fsp3) is 0.818. The summed E-state index contributed by atoms with van der Waals surface area (Å²) in [6.45, 7) is 3.15. The van der Waals surface area contributed by atoms with Crippen LogP contribution in [0.5, 0.6) is 0 Å². The van der Waals surface area contributed by atoms with Crippen LogP contribution in [0.4, 0.5) is 0 Å². The second kappa shape index (κ2) is 5.60. The minimum Gasteiger partial charge on any atom is -0.376 e. The van der Waals surface area contributed by atoms with Crippen LogP contribution in [-0.2, 0) is 9.53 Å². The highest BCUT2D eigenvalue weighted by atomic mass is 35.5. The Morgan fingerprint density at radius 3 is 2.68 bits per heavy atom. The average molecular weight is 326 g/mol. The molecule has 5 nitrogen and oxygen atoms in total. The molecule has 0 aromatic rings. The van der Waals surface area contributed by atoms with Gasteiger partial charge in [-0.05, 0) is 38.4 Å². The van der Waals surface area contributed by atoms with E-state index in [4.69, 9.17) is 40.2 Å². The second-order valence-electron chi connectivity index (χ2n) is 5.14. The number of halogens is 2. The first-order valence-electron chi connectivity index (χ1n) is 6.19. The van der Waals surface area contributed by atoms with Crippen LogP contribution < -0.4 is 16.2 Å². The van der Waals surface area contributed by atoms with Gasteiger partial charge >= 0.3 is 0 Å². The van der Waals surface area contributed by atoms with E-state index in [-0.39, 0.29) is 12.0 Å². The number of hydrogen-bond donors (Lipinski definition) is 3. The predicted molar refractivity (Wildman–Crippen MR) is 78.0 cm³/mol. The van der Waals surface area contributed by atoms with Gasteiger partial charge in [-0.1, -0.05) is 0 Å². The fourth-order valence-electron chi connectivity index (χ4n) is 1.95. The fourth-order valence-corrected chi connectivity index (χ4v) is 2.79. The lowest BCUT2D eigenvalue weighted by Gasteiger charge is -2.16. The van der Waals surface area contributed by atoms with Crippen LogP contribution in [0, 0.1) is 5.41 Å². The molecule has 1 saturated carbocycles. The topological polar surface area (TPSA) is 62.4 Å². The number of carbonyl (C=O) groups excluding carboxylic acids is 1. The molecular weight excluding hydrogens is 309 g/mol. The van der Waals surface area contributed by atoms with Gasteiger partial charge in [-0.2, -0.15) is 0 Å². The summed E-state index contributed by atoms with van der Waals surface area (Å²) in [5.74, 6) is -0.265. The van der Waals surface area contributed by atoms with Gasteiger partial charge < -0.3 is 10.1 Å². The number of hydrogen-bond acceptors (Lipinski definition) is 3. The minimum absolute atomic E-state index is 0.190. The Balaban J connectivity index is 1.65. The van der Waals surface area contributed by atoms with E-state index in [1.165, 1.54) is 0 Å². The summed E-state index contributed by atoms with van der Waals surface area (Å²) in [6, 6.07) is 0. The maximum absolute atomic E-state index is 11.9. The molecule has 1 aliphatic heterocycles. The molecule has 0 aromatic carbocycles. The number of thiocarbonyl (C=S) groups is 1. The molecule has 3 N–H and O–H groups in total. The van der Waals surface area contributed by atoms with Crippen LogP contribution in [0.15, 0.2) is 0 Å². The maximum atomic E-state index is 11.9. The molecule has 108 valence electrons. The predicted octanol–water partition coefficient (Wildman–Crippen LogP) is 1.24. The van der Waals surface area contributed by atoms with Gasteiger partial charge in [0.2, 0.25) is 5.91 Å². The van der Waals surface area contributed by atoms with Crippen LogP contribution in [0.3, 0.4) is 0 Å². The van der Waals surface area contributed by atoms with E-state index in [0.29, 0.717) is 18.1 Å². The van der Waals surface area contributed by atoms with Gasteiger partial charge in [0.1, 0.15) is 4.33 Å². The molecule has 19 heavy (non-hydrogen) atoms. The van der Waals surface area contributed by atoms with Crippen molar-refractivity contribution in [1.82, 2.24) is 16.2 Å². The Hall–Kier alpha value is -0.300. The van der Waals surface area contributed by atoms with E-state index in [1.807, 2.05) is 0 Å². The summed E-state index contributed by atoms with van der Waals surface area (Å²) in [7, 11) is 0. The molecule has 2 fully saturated rings. The quantitative estimate of drug-likeness (QED) is 0.414. The van der Waals surface area contributed by atoms with Crippen LogP contribution in [0.2, 0.25) is 0 Å². The molecule has 2 rings (SSSR count). The molecule has 2 aliphatic rings. The molecular formula is C11H17Cl2N3O2S. The van der Waals surface area contributed by atoms with Gasteiger partial charge in [-0.15, -0.1) is 23.2 Å². The van der Waals surface area contributed by atoms with Gasteiger partial charge in [0.15, 0.2) is 5.11 Å². The van der Waals surface area contributed by atoms with E-state index in [2.05, 4.69) is 16.2 Å². The zero-order valence-corrected chi connectivity index (χ0v) is 12.9. The molecule has 1 saturated heterocycles. The van der Waals surface area contributed by atoms with Crippen LogP contribution in [-0.4, -0.2) is 34.6 Å². The van der Waals surface area contributed by atoms with Crippen LogP contribution >= 0.6 is 35.4 Å². The average Bonchev–Trinajstić information content (AvgIpc) is 2.73. The second-order valence-corrected chi connectivity index (χ2v) is 7.03. The van der Waals surface area contributed by atoms with E-state index in [9.17, 15) is 4.79 Å². The van der Waals surface area contributed by atoms with E-state index in [0.717, 1.165) is 19.4 Å². The van der Waals surface area contributed by atoms with Gasteiger partial charge in [-0.25, -0.2) is 0 Å². The summed E-state index contributed by atoms with van der Waals surface area (Å²) in [5.41, 5.74) is 4.40. The lowest BCUT2D eigenvalue weighted by molar-refractivity contribution is -0.126. The number of rotatable bonds is 3. The summed E-state index contributed by atoms with van der Waals surface area (Å²) in [4.78, 5) is 11.9. The van der Waals surface area contributed by atoms with Crippen LogP contribution in [0.25, 0.3) is 0 Å². The van der Waals surface area contributed by atoms with Crippen molar-refractivity contribution in [3.63, 3.8) is 0 Å². The zero-order valence-electron chi connectivity index (χ0n) is 10.6. The molecule has 1 aliphatic carbocycles. The lowest BCUT2D eigenvalue weighted by atomic mass is 10.1. The third-order valence-electron chi connectivity index (χ3n) is 3.56. The number of ether oxygens (including phenoxy) is 1. The van der Waals surface area contributed by atoms with Gasteiger partial charge in [0.25, 0.3) is 0 Å². The Kier molecular flexibility index (Phi) is 4.45. The summed E-state index contributed by atoms with van der Waals surface area (Å²) in [5, 5.41) is 3.34. The molecule has 1 amide bonds. The third-order valence-corrected chi connectivity index (χ3v) is 4.91. The highest BCUT2D eigenvalue weighted by Gasteiger charge is 2.68. The van der Waals surface area contributed by atoms with Crippen molar-refractivity contribution in [2.75, 3.05) is 13.2 Å². The smallest absolute Gasteiger partial charge is 0.247 e. The third kappa shape index (κ3) is 3.42. The number of alkyl halides is 2. The van der Waals surface area contributed by atoms with Crippen molar-refractivity contribution in [3.8, 4) is 0 Å². The Morgan fingerprint density at radius 1 is 1.47 bits per heavy atom. The number of hydrazine groups is 1. The van der Waals surface area contributed by atoms with Crippen molar-refractivity contribution in [2.24, 2.45) is 5.41 Å². The standard InChI is InChI=1S/C11H17Cl2N3O2S/c1-10(6-11(10,12)13)8(17)15-16-9(19)14-5-7-3-2-4-18-7/h7H,2-6H2,1H3,(H,15,17)(H2,14,16,19)/t7-,10+/m1/s1. The van der Waals surface area contributed by atoms with E-state index >= 15 is 0 Å². The highest BCUT2D eigenvalue weighted by Crippen LogP contribution is 2.63. The Labute approximate surface area is 127 Å². The number of amides is 1. The van der Waals surface area contributed by atoms with E-state index < -0.39 is 9.75 Å². The number of nitrogens with one attached hydrogen (secondary N) is 3. The first-order chi connectivity index (χ1) is 8.85. The largest absolute Gasteiger partial charge is 0.376 e. The first-order valence-corrected chi connectivity index (χ1v) is 7.35. The first kappa shape index (κ1) is 15.1. The van der Waals surface area contributed by atoms with Gasteiger partial charge in [0.05, 0.1) is 11.5 Å². The van der Waals surface area contributed by atoms with Gasteiger partial charge in [0, 0.05) is 13.2 Å². The molecule has 0 bridgehead atoms. The Bertz CT molecular complexity index is 388. The molecule has 0 aromatic heterocycles. The molecule has 0 radical (unpaired) electrons. The summed E-state index contributed by atoms with van der Waals surface area (Å²) >= 11 is 16.9. The van der Waals surface area contributed by atoms with Crippen molar-refractivity contribution in [2.45, 2.75) is 36.6 Å². The summed E-state index contributed by atoms with van der Waals surface area (Å²) < 4.78 is 4.47. The van der Waals surface area contributed by atoms with Crippen LogP contribution in [0.1, 0.15) is 26.2 Å². The van der Waals surface area contributed by atoms with Crippen molar-refractivity contribution in [3.05, 3.63) is 0 Å². The molecule has 8 heteroatoms. The molecule has 2 atom stereocenters. The Morgan fingerprint density at radius 2 is 2.16 bits per heavy atom. The highest BCUT2D eigenvalue weighted by molar-refractivity contribution is 7.80. The summed E-state index contributed by atoms with van der Waals surface area (Å²) in [6.07, 6.45) is 2.73. The zero-order chi connectivity index (χ0) is 14.1. The minimum atomic E-state index is -0.981. The normalized spacial score (nSPS) is 31.6. The molecule has 0 unspecified atom stereocenters. The monoisotopic (exact) mass is 325 g/mol. The lowest BCUT2D eigenvalue weighted by Crippen LogP contribution is -2.50. The number of carbonyl (C=O) groups is 1. The maximum Gasteiger partial charge on any atom is 0.247 e. The van der Waals surface area contributed by atoms with Gasteiger partial charge in [-0.3, -0.25) is 15.6 Å². The molecule has 1 heterocycles.